The summed E-state index contributed by atoms with van der Waals surface area (Å²) in [5, 5.41) is 12.6. The fourth-order valence-corrected chi connectivity index (χ4v) is 3.91. The summed E-state index contributed by atoms with van der Waals surface area (Å²) in [6.07, 6.45) is 11.3. The third-order valence-corrected chi connectivity index (χ3v) is 5.65. The Morgan fingerprint density at radius 1 is 0.900 bits per heavy atom. The fraction of sp³-hybridized carbons (Fsp3) is 0.680. The van der Waals surface area contributed by atoms with E-state index in [0.717, 1.165) is 12.8 Å². The van der Waals surface area contributed by atoms with E-state index in [1.807, 2.05) is 0 Å². The molecule has 2 N–H and O–H groups in total. The number of aliphatic hydroxyl groups is 1. The first-order valence-electron chi connectivity index (χ1n) is 11.5. The number of nitrogens with one attached hydrogen (secondary N) is 1. The van der Waals surface area contributed by atoms with Crippen LogP contribution >= 0.6 is 0 Å². The van der Waals surface area contributed by atoms with Crippen LogP contribution in [0.2, 0.25) is 0 Å². The number of aliphatic hydroxyl groups excluding tert-OH is 1. The highest BCUT2D eigenvalue weighted by Gasteiger charge is 2.30. The summed E-state index contributed by atoms with van der Waals surface area (Å²) < 4.78 is 5.09. The normalized spacial score (nSPS) is 12.9. The maximum atomic E-state index is 11.8. The fourth-order valence-electron chi connectivity index (χ4n) is 3.91. The van der Waals surface area contributed by atoms with Crippen molar-refractivity contribution in [2.45, 2.75) is 96.9 Å². The van der Waals surface area contributed by atoms with Crippen molar-refractivity contribution in [3.8, 4) is 0 Å². The minimum atomic E-state index is -0.576. The number of carbonyl (C=O) groups is 2. The predicted molar refractivity (Wildman–Crippen MR) is 121 cm³/mol. The van der Waals surface area contributed by atoms with Crippen molar-refractivity contribution in [1.82, 2.24) is 5.32 Å². The standard InChI is InChI=1S/C25H41NO4/c1-4-5-6-7-8-9-10-23-11-13-24(14-12-23)15-16-25(17-19-27,26-21(2)28)18-20-30-22(3)29/h11-14,27H,4-10,15-20H2,1-3H3,(H,26,28). The zero-order valence-electron chi connectivity index (χ0n) is 19.2. The van der Waals surface area contributed by atoms with Crippen molar-refractivity contribution < 1.29 is 19.4 Å². The van der Waals surface area contributed by atoms with E-state index in [1.165, 1.54) is 63.5 Å². The van der Waals surface area contributed by atoms with Crippen LogP contribution in [0.4, 0.5) is 0 Å². The molecule has 5 nitrogen and oxygen atoms in total. The molecule has 0 aliphatic heterocycles. The average Bonchev–Trinajstić information content (AvgIpc) is 2.69. The molecule has 0 spiro atoms. The highest BCUT2D eigenvalue weighted by molar-refractivity contribution is 5.73. The first kappa shape index (κ1) is 26.2. The summed E-state index contributed by atoms with van der Waals surface area (Å²) in [5.74, 6) is -0.475. The molecule has 0 aliphatic carbocycles. The lowest BCUT2D eigenvalue weighted by molar-refractivity contribution is -0.141. The first-order valence-corrected chi connectivity index (χ1v) is 11.5. The number of aryl methyl sites for hydroxylation is 2. The number of rotatable bonds is 16. The van der Waals surface area contributed by atoms with Gasteiger partial charge in [-0.05, 0) is 43.2 Å². The van der Waals surface area contributed by atoms with Crippen LogP contribution in [0, 0.1) is 0 Å². The SMILES string of the molecule is CCCCCCCCc1ccc(CCC(CCO)(CCOC(C)=O)NC(C)=O)cc1. The molecule has 1 atom stereocenters. The largest absolute Gasteiger partial charge is 0.466 e. The van der Waals surface area contributed by atoms with Crippen LogP contribution in [0.1, 0.15) is 89.7 Å². The van der Waals surface area contributed by atoms with Crippen LogP contribution in [0.3, 0.4) is 0 Å². The molecule has 30 heavy (non-hydrogen) atoms. The summed E-state index contributed by atoms with van der Waals surface area (Å²) >= 11 is 0. The Morgan fingerprint density at radius 2 is 1.50 bits per heavy atom. The van der Waals surface area contributed by atoms with Gasteiger partial charge in [0.05, 0.1) is 6.61 Å². The maximum Gasteiger partial charge on any atom is 0.302 e. The first-order chi connectivity index (χ1) is 14.4. The van der Waals surface area contributed by atoms with E-state index >= 15 is 0 Å². The lowest BCUT2D eigenvalue weighted by Crippen LogP contribution is -2.49. The Kier molecular flexibility index (Phi) is 13.1. The van der Waals surface area contributed by atoms with Crippen molar-refractivity contribution in [3.63, 3.8) is 0 Å². The summed E-state index contributed by atoms with van der Waals surface area (Å²) in [4.78, 5) is 22.9. The summed E-state index contributed by atoms with van der Waals surface area (Å²) in [5.41, 5.74) is 2.00. The zero-order chi connectivity index (χ0) is 22.2. The van der Waals surface area contributed by atoms with Crippen molar-refractivity contribution in [2.24, 2.45) is 0 Å². The summed E-state index contributed by atoms with van der Waals surface area (Å²) in [6.45, 7) is 5.30. The number of unbranched alkanes of at least 4 members (excludes halogenated alkanes) is 5. The maximum absolute atomic E-state index is 11.8. The summed E-state index contributed by atoms with van der Waals surface area (Å²) in [7, 11) is 0. The van der Waals surface area contributed by atoms with Crippen molar-refractivity contribution in [3.05, 3.63) is 35.4 Å². The molecular formula is C25H41NO4. The molecule has 0 heterocycles. The average molecular weight is 420 g/mol. The molecule has 5 heteroatoms. The van der Waals surface area contributed by atoms with E-state index in [2.05, 4.69) is 36.5 Å². The molecular weight excluding hydrogens is 378 g/mol. The number of esters is 1. The third-order valence-electron chi connectivity index (χ3n) is 5.65. The molecule has 1 rings (SSSR count). The van der Waals surface area contributed by atoms with Crippen LogP contribution < -0.4 is 5.32 Å². The Bertz CT molecular complexity index is 614. The number of hydrogen-bond donors (Lipinski definition) is 2. The van der Waals surface area contributed by atoms with E-state index in [0.29, 0.717) is 19.3 Å². The highest BCUT2D eigenvalue weighted by atomic mass is 16.5. The molecule has 0 radical (unpaired) electrons. The molecule has 1 aromatic rings. The number of carbonyl (C=O) groups excluding carboxylic acids is 2. The smallest absolute Gasteiger partial charge is 0.302 e. The lowest BCUT2D eigenvalue weighted by Gasteiger charge is -2.34. The molecule has 0 aromatic heterocycles. The van der Waals surface area contributed by atoms with Gasteiger partial charge < -0.3 is 15.2 Å². The van der Waals surface area contributed by atoms with E-state index in [1.54, 1.807) is 0 Å². The van der Waals surface area contributed by atoms with Crippen LogP contribution in [-0.2, 0) is 27.2 Å². The van der Waals surface area contributed by atoms with E-state index in [9.17, 15) is 14.7 Å². The van der Waals surface area contributed by atoms with Crippen molar-refractivity contribution >= 4 is 11.9 Å². The van der Waals surface area contributed by atoms with E-state index in [-0.39, 0.29) is 25.1 Å². The second-order valence-electron chi connectivity index (χ2n) is 8.36. The molecule has 0 saturated heterocycles. The van der Waals surface area contributed by atoms with Gasteiger partial charge in [0.25, 0.3) is 0 Å². The quantitative estimate of drug-likeness (QED) is 0.300. The van der Waals surface area contributed by atoms with E-state index in [4.69, 9.17) is 4.74 Å². The van der Waals surface area contributed by atoms with Gasteiger partial charge in [-0.15, -0.1) is 0 Å². The van der Waals surface area contributed by atoms with Crippen LogP contribution in [-0.4, -0.2) is 35.7 Å². The van der Waals surface area contributed by atoms with Gasteiger partial charge in [0.15, 0.2) is 0 Å². The zero-order valence-corrected chi connectivity index (χ0v) is 19.2. The van der Waals surface area contributed by atoms with Gasteiger partial charge in [0.1, 0.15) is 0 Å². The monoisotopic (exact) mass is 419 g/mol. The Labute approximate surface area is 182 Å². The Hall–Kier alpha value is -1.88. The molecule has 0 aliphatic rings. The van der Waals surface area contributed by atoms with Crippen LogP contribution in [0.25, 0.3) is 0 Å². The van der Waals surface area contributed by atoms with Crippen molar-refractivity contribution in [2.75, 3.05) is 13.2 Å². The van der Waals surface area contributed by atoms with Gasteiger partial charge in [0, 0.05) is 32.4 Å². The minimum Gasteiger partial charge on any atom is -0.466 e. The number of benzene rings is 1. The van der Waals surface area contributed by atoms with Gasteiger partial charge >= 0.3 is 5.97 Å². The van der Waals surface area contributed by atoms with Gasteiger partial charge in [-0.1, -0.05) is 63.3 Å². The lowest BCUT2D eigenvalue weighted by atomic mass is 9.85. The summed E-state index contributed by atoms with van der Waals surface area (Å²) in [6, 6.07) is 8.73. The highest BCUT2D eigenvalue weighted by Crippen LogP contribution is 2.24. The van der Waals surface area contributed by atoms with Gasteiger partial charge in [-0.3, -0.25) is 9.59 Å². The number of amides is 1. The second-order valence-corrected chi connectivity index (χ2v) is 8.36. The van der Waals surface area contributed by atoms with Gasteiger partial charge in [-0.2, -0.15) is 0 Å². The number of hydrogen-bond acceptors (Lipinski definition) is 4. The van der Waals surface area contributed by atoms with Crippen LogP contribution in [0.5, 0.6) is 0 Å². The minimum absolute atomic E-state index is 0.0302. The molecule has 1 aromatic carbocycles. The van der Waals surface area contributed by atoms with Crippen LogP contribution in [0.15, 0.2) is 24.3 Å². The predicted octanol–water partition coefficient (Wildman–Crippen LogP) is 4.73. The molecule has 170 valence electrons. The molecule has 0 fully saturated rings. The molecule has 1 unspecified atom stereocenters. The van der Waals surface area contributed by atoms with Gasteiger partial charge in [-0.25, -0.2) is 0 Å². The van der Waals surface area contributed by atoms with Crippen molar-refractivity contribution in [1.29, 1.82) is 0 Å². The Balaban J connectivity index is 2.59. The second kappa shape index (κ2) is 15.0. The molecule has 0 saturated carbocycles. The molecule has 0 bridgehead atoms. The Morgan fingerprint density at radius 3 is 2.07 bits per heavy atom. The molecule has 1 amide bonds. The topological polar surface area (TPSA) is 75.6 Å². The van der Waals surface area contributed by atoms with E-state index < -0.39 is 5.54 Å². The third kappa shape index (κ3) is 11.3. The number of ether oxygens (including phenoxy) is 1. The van der Waals surface area contributed by atoms with Gasteiger partial charge in [0.2, 0.25) is 5.91 Å².